The summed E-state index contributed by atoms with van der Waals surface area (Å²) in [5, 5.41) is 0. The second kappa shape index (κ2) is 6.95. The monoisotopic (exact) mass is 258 g/mol. The van der Waals surface area contributed by atoms with E-state index >= 15 is 0 Å². The van der Waals surface area contributed by atoms with Gasteiger partial charge >= 0.3 is 0 Å². The average Bonchev–Trinajstić information content (AvgIpc) is 2.34. The Hall–Kier alpha value is -0.810. The number of nitrogens with zero attached hydrogens (tertiary/aromatic N) is 2. The van der Waals surface area contributed by atoms with Gasteiger partial charge in [0.05, 0.1) is 13.2 Å². The lowest BCUT2D eigenvalue weighted by Crippen LogP contribution is -2.46. The van der Waals surface area contributed by atoms with E-state index in [-0.39, 0.29) is 18.4 Å². The van der Waals surface area contributed by atoms with Gasteiger partial charge in [-0.2, -0.15) is 0 Å². The molecule has 5 nitrogen and oxygen atoms in total. The van der Waals surface area contributed by atoms with Crippen molar-refractivity contribution in [2.24, 2.45) is 4.99 Å². The second-order valence-corrected chi connectivity index (χ2v) is 5.06. The molecule has 1 aliphatic heterocycles. The molecule has 1 aliphatic rings. The standard InChI is InChI=1S/C13H26N2O3/c1-9(2)14-13(17-6)15(4)11-7-10(3)18-12(8-11)16-5/h9-12H,7-8H2,1-6H3/t10-,11+,12?/m1/s1. The van der Waals surface area contributed by atoms with Crippen LogP contribution >= 0.6 is 0 Å². The molecule has 3 atom stereocenters. The number of amidine groups is 1. The normalized spacial score (nSPS) is 29.5. The zero-order chi connectivity index (χ0) is 13.7. The third-order valence-electron chi connectivity index (χ3n) is 3.12. The van der Waals surface area contributed by atoms with Gasteiger partial charge in [0.25, 0.3) is 6.02 Å². The first-order valence-electron chi connectivity index (χ1n) is 6.50. The maximum atomic E-state index is 5.68. The third kappa shape index (κ3) is 4.14. The van der Waals surface area contributed by atoms with Crippen molar-refractivity contribution in [1.29, 1.82) is 0 Å². The van der Waals surface area contributed by atoms with Crippen LogP contribution in [0.5, 0.6) is 0 Å². The SMILES string of the molecule is COC(=NC(C)C)N(C)[C@@H]1CC(OC)O[C@H](C)C1. The molecule has 0 aromatic heterocycles. The molecule has 0 saturated carbocycles. The van der Waals surface area contributed by atoms with Gasteiger partial charge in [0.15, 0.2) is 6.29 Å². The summed E-state index contributed by atoms with van der Waals surface area (Å²) in [6, 6.07) is 1.23. The van der Waals surface area contributed by atoms with E-state index < -0.39 is 0 Å². The molecule has 18 heavy (non-hydrogen) atoms. The van der Waals surface area contributed by atoms with E-state index in [4.69, 9.17) is 14.2 Å². The Labute approximate surface area is 110 Å². The van der Waals surface area contributed by atoms with Crippen LogP contribution in [0.25, 0.3) is 0 Å². The Bertz CT molecular complexity index is 281. The summed E-state index contributed by atoms with van der Waals surface area (Å²) in [5.74, 6) is 0. The number of rotatable bonds is 3. The van der Waals surface area contributed by atoms with Gasteiger partial charge in [-0.15, -0.1) is 0 Å². The number of aliphatic imine (C=N–C) groups is 1. The highest BCUT2D eigenvalue weighted by Crippen LogP contribution is 2.23. The van der Waals surface area contributed by atoms with Crippen molar-refractivity contribution in [2.75, 3.05) is 21.3 Å². The van der Waals surface area contributed by atoms with E-state index in [9.17, 15) is 0 Å². The first kappa shape index (κ1) is 15.2. The van der Waals surface area contributed by atoms with Crippen molar-refractivity contribution in [3.63, 3.8) is 0 Å². The summed E-state index contributed by atoms with van der Waals surface area (Å²) in [6.45, 7) is 6.15. The Morgan fingerprint density at radius 3 is 2.50 bits per heavy atom. The fourth-order valence-corrected chi connectivity index (χ4v) is 2.20. The van der Waals surface area contributed by atoms with Gasteiger partial charge in [-0.1, -0.05) is 0 Å². The molecule has 0 N–H and O–H groups in total. The van der Waals surface area contributed by atoms with Crippen LogP contribution in [0.15, 0.2) is 4.99 Å². The summed E-state index contributed by atoms with van der Waals surface area (Å²) in [4.78, 5) is 6.57. The predicted octanol–water partition coefficient (Wildman–Crippen LogP) is 1.87. The first-order valence-corrected chi connectivity index (χ1v) is 6.50. The highest BCUT2D eigenvalue weighted by Gasteiger charge is 2.31. The van der Waals surface area contributed by atoms with E-state index in [1.165, 1.54) is 0 Å². The molecule has 1 unspecified atom stereocenters. The van der Waals surface area contributed by atoms with Crippen molar-refractivity contribution < 1.29 is 14.2 Å². The molecule has 0 spiro atoms. The van der Waals surface area contributed by atoms with Crippen molar-refractivity contribution in [1.82, 2.24) is 4.90 Å². The molecule has 1 fully saturated rings. The van der Waals surface area contributed by atoms with Gasteiger partial charge in [0.2, 0.25) is 0 Å². The molecule has 0 aromatic carbocycles. The molecule has 5 heteroatoms. The fraction of sp³-hybridized carbons (Fsp3) is 0.923. The fourth-order valence-electron chi connectivity index (χ4n) is 2.20. The van der Waals surface area contributed by atoms with Gasteiger partial charge in [0.1, 0.15) is 0 Å². The lowest BCUT2D eigenvalue weighted by atomic mass is 10.0. The van der Waals surface area contributed by atoms with E-state index in [1.54, 1.807) is 14.2 Å². The van der Waals surface area contributed by atoms with Crippen molar-refractivity contribution in [2.45, 2.75) is 58.1 Å². The number of ether oxygens (including phenoxy) is 3. The smallest absolute Gasteiger partial charge is 0.287 e. The topological polar surface area (TPSA) is 43.3 Å². The maximum absolute atomic E-state index is 5.68. The van der Waals surface area contributed by atoms with Gasteiger partial charge in [-0.3, -0.25) is 0 Å². The van der Waals surface area contributed by atoms with Gasteiger partial charge in [-0.05, 0) is 27.2 Å². The highest BCUT2D eigenvalue weighted by atomic mass is 16.7. The van der Waals surface area contributed by atoms with Crippen LogP contribution in [0.1, 0.15) is 33.6 Å². The highest BCUT2D eigenvalue weighted by molar-refractivity contribution is 5.73. The van der Waals surface area contributed by atoms with Crippen LogP contribution in [0.4, 0.5) is 0 Å². The minimum absolute atomic E-state index is 0.140. The minimum atomic E-state index is -0.140. The molecular formula is C13H26N2O3. The summed E-state index contributed by atoms with van der Waals surface area (Å²) in [6.07, 6.45) is 1.83. The molecule has 1 saturated heterocycles. The van der Waals surface area contributed by atoms with E-state index in [2.05, 4.69) is 16.8 Å². The Balaban J connectivity index is 2.72. The summed E-state index contributed by atoms with van der Waals surface area (Å²) in [7, 11) is 5.35. The molecular weight excluding hydrogens is 232 g/mol. The van der Waals surface area contributed by atoms with E-state index in [0.29, 0.717) is 12.1 Å². The molecule has 1 rings (SSSR count). The Morgan fingerprint density at radius 2 is 2.00 bits per heavy atom. The van der Waals surface area contributed by atoms with Crippen LogP contribution < -0.4 is 0 Å². The van der Waals surface area contributed by atoms with Crippen molar-refractivity contribution in [3.8, 4) is 0 Å². The van der Waals surface area contributed by atoms with Crippen LogP contribution in [0, 0.1) is 0 Å². The zero-order valence-corrected chi connectivity index (χ0v) is 12.3. The average molecular weight is 258 g/mol. The van der Waals surface area contributed by atoms with Gasteiger partial charge < -0.3 is 19.1 Å². The number of methoxy groups -OCH3 is 2. The third-order valence-corrected chi connectivity index (χ3v) is 3.12. The maximum Gasteiger partial charge on any atom is 0.287 e. The van der Waals surface area contributed by atoms with Crippen molar-refractivity contribution in [3.05, 3.63) is 0 Å². The minimum Gasteiger partial charge on any atom is -0.468 e. The predicted molar refractivity (Wildman–Crippen MR) is 71.7 cm³/mol. The summed E-state index contributed by atoms with van der Waals surface area (Å²) >= 11 is 0. The first-order chi connectivity index (χ1) is 8.47. The second-order valence-electron chi connectivity index (χ2n) is 5.06. The molecule has 0 aromatic rings. The van der Waals surface area contributed by atoms with Crippen LogP contribution in [-0.2, 0) is 14.2 Å². The molecule has 0 bridgehead atoms. The lowest BCUT2D eigenvalue weighted by Gasteiger charge is -2.38. The Morgan fingerprint density at radius 1 is 1.33 bits per heavy atom. The summed E-state index contributed by atoms with van der Waals surface area (Å²) in [5.41, 5.74) is 0. The molecule has 0 amide bonds. The molecule has 0 radical (unpaired) electrons. The molecule has 106 valence electrons. The Kier molecular flexibility index (Phi) is 5.88. The van der Waals surface area contributed by atoms with Crippen LogP contribution in [0.2, 0.25) is 0 Å². The zero-order valence-electron chi connectivity index (χ0n) is 12.3. The van der Waals surface area contributed by atoms with Gasteiger partial charge in [0, 0.05) is 32.7 Å². The van der Waals surface area contributed by atoms with Crippen LogP contribution in [0.3, 0.4) is 0 Å². The quantitative estimate of drug-likeness (QED) is 0.572. The van der Waals surface area contributed by atoms with E-state index in [1.807, 2.05) is 20.9 Å². The molecule has 1 heterocycles. The number of hydrogen-bond donors (Lipinski definition) is 0. The largest absolute Gasteiger partial charge is 0.468 e. The lowest BCUT2D eigenvalue weighted by molar-refractivity contribution is -0.187. The van der Waals surface area contributed by atoms with E-state index in [0.717, 1.165) is 12.8 Å². The number of hydrogen-bond acceptors (Lipinski definition) is 4. The van der Waals surface area contributed by atoms with Crippen LogP contribution in [-0.4, -0.2) is 56.7 Å². The van der Waals surface area contributed by atoms with Crippen molar-refractivity contribution >= 4 is 6.02 Å². The summed E-state index contributed by atoms with van der Waals surface area (Å²) < 4.78 is 16.4. The molecule has 0 aliphatic carbocycles. The van der Waals surface area contributed by atoms with Gasteiger partial charge in [-0.25, -0.2) is 4.99 Å².